The van der Waals surface area contributed by atoms with Crippen LogP contribution in [-0.4, -0.2) is 12.4 Å². The minimum absolute atomic E-state index is 0.324. The first-order valence-corrected chi connectivity index (χ1v) is 5.73. The number of rotatable bonds is 1. The number of carbonyl (C=O) groups excluding carboxylic acids is 1. The summed E-state index contributed by atoms with van der Waals surface area (Å²) < 4.78 is 22.2. The van der Waals surface area contributed by atoms with E-state index in [9.17, 15) is 4.79 Å². The molecule has 1 spiro atoms. The lowest BCUT2D eigenvalue weighted by Gasteiger charge is -2.17. The van der Waals surface area contributed by atoms with Crippen molar-refractivity contribution in [3.05, 3.63) is 48.0 Å². The van der Waals surface area contributed by atoms with Crippen LogP contribution in [0.25, 0.3) is 0 Å². The predicted molar refractivity (Wildman–Crippen MR) is 63.5 cm³/mol. The average Bonchev–Trinajstić information content (AvgIpc) is 2.96. The van der Waals surface area contributed by atoms with Gasteiger partial charge in [-0.05, 0) is 24.3 Å². The van der Waals surface area contributed by atoms with E-state index in [1.54, 1.807) is 30.3 Å². The summed E-state index contributed by atoms with van der Waals surface area (Å²) in [5.74, 6) is 1.80. The Morgan fingerprint density at radius 3 is 2.11 bits per heavy atom. The molecule has 0 N–H and O–H groups in total. The second-order valence-corrected chi connectivity index (χ2v) is 4.15. The molecule has 2 aromatic carbocycles. The highest BCUT2D eigenvalue weighted by atomic mass is 17.0. The molecule has 2 aliphatic rings. The standard InChI is InChI=1S/C14H8O5/c15-8-9-4-3-7-12-13(9)19-14(18-12)16-10-5-1-2-6-11(10)17-14/h1-8H. The largest absolute Gasteiger partial charge is 0.611 e. The molecule has 5 heteroatoms. The molecule has 2 aliphatic heterocycles. The zero-order valence-corrected chi connectivity index (χ0v) is 9.66. The Morgan fingerprint density at radius 2 is 1.42 bits per heavy atom. The number of carbonyl (C=O) groups is 1. The number of hydrogen-bond acceptors (Lipinski definition) is 5. The molecule has 0 aromatic heterocycles. The lowest BCUT2D eigenvalue weighted by Crippen LogP contribution is -2.47. The van der Waals surface area contributed by atoms with Gasteiger partial charge in [0, 0.05) is 0 Å². The van der Waals surface area contributed by atoms with Crippen LogP contribution in [0.4, 0.5) is 0 Å². The average molecular weight is 256 g/mol. The molecule has 4 rings (SSSR count). The Balaban J connectivity index is 1.74. The normalized spacial score (nSPS) is 16.6. The molecule has 0 radical (unpaired) electrons. The van der Waals surface area contributed by atoms with Crippen molar-refractivity contribution in [3.8, 4) is 23.0 Å². The second-order valence-electron chi connectivity index (χ2n) is 4.15. The van der Waals surface area contributed by atoms with Crippen molar-refractivity contribution in [2.75, 3.05) is 0 Å². The number of hydrogen-bond donors (Lipinski definition) is 0. The summed E-state index contributed by atoms with van der Waals surface area (Å²) >= 11 is 0. The monoisotopic (exact) mass is 256 g/mol. The van der Waals surface area contributed by atoms with Crippen LogP contribution >= 0.6 is 0 Å². The molecule has 0 saturated carbocycles. The number of ether oxygens (including phenoxy) is 4. The van der Waals surface area contributed by atoms with Gasteiger partial charge in [-0.15, -0.1) is 0 Å². The first-order valence-electron chi connectivity index (χ1n) is 5.73. The molecular weight excluding hydrogens is 248 g/mol. The molecule has 0 aliphatic carbocycles. The second kappa shape index (κ2) is 3.41. The van der Waals surface area contributed by atoms with E-state index in [0.717, 1.165) is 0 Å². The van der Waals surface area contributed by atoms with Gasteiger partial charge in [0.2, 0.25) is 0 Å². The fourth-order valence-corrected chi connectivity index (χ4v) is 2.09. The first kappa shape index (κ1) is 10.3. The lowest BCUT2D eigenvalue weighted by molar-refractivity contribution is -0.330. The van der Waals surface area contributed by atoms with E-state index in [0.29, 0.717) is 34.8 Å². The summed E-state index contributed by atoms with van der Waals surface area (Å²) in [6.45, 7) is 0. The third kappa shape index (κ3) is 1.38. The minimum atomic E-state index is -1.66. The smallest absolute Gasteiger partial charge is 0.382 e. The van der Waals surface area contributed by atoms with Crippen molar-refractivity contribution in [3.63, 3.8) is 0 Å². The highest BCUT2D eigenvalue weighted by molar-refractivity contribution is 5.81. The maximum Gasteiger partial charge on any atom is 0.611 e. The summed E-state index contributed by atoms with van der Waals surface area (Å²) in [5.41, 5.74) is 0.387. The van der Waals surface area contributed by atoms with E-state index in [1.165, 1.54) is 0 Å². The molecule has 2 heterocycles. The van der Waals surface area contributed by atoms with E-state index in [4.69, 9.17) is 18.9 Å². The van der Waals surface area contributed by atoms with Crippen LogP contribution in [0.1, 0.15) is 10.4 Å². The summed E-state index contributed by atoms with van der Waals surface area (Å²) in [5, 5.41) is 0. The van der Waals surface area contributed by atoms with E-state index in [2.05, 4.69) is 0 Å². The van der Waals surface area contributed by atoms with Gasteiger partial charge >= 0.3 is 6.16 Å². The van der Waals surface area contributed by atoms with Crippen LogP contribution in [0.3, 0.4) is 0 Å². The van der Waals surface area contributed by atoms with E-state index in [1.807, 2.05) is 12.1 Å². The molecule has 0 fully saturated rings. The molecule has 94 valence electrons. The van der Waals surface area contributed by atoms with Crippen LogP contribution < -0.4 is 18.9 Å². The Kier molecular flexibility index (Phi) is 1.84. The molecule has 0 saturated heterocycles. The molecule has 19 heavy (non-hydrogen) atoms. The van der Waals surface area contributed by atoms with Crippen molar-refractivity contribution in [2.24, 2.45) is 0 Å². The van der Waals surface area contributed by atoms with Gasteiger partial charge < -0.3 is 18.9 Å². The minimum Gasteiger partial charge on any atom is -0.382 e. The molecule has 0 bridgehead atoms. The fraction of sp³-hybridized carbons (Fsp3) is 0.0714. The molecular formula is C14H8O5. The van der Waals surface area contributed by atoms with Crippen molar-refractivity contribution >= 4 is 6.29 Å². The highest BCUT2D eigenvalue weighted by Crippen LogP contribution is 2.48. The van der Waals surface area contributed by atoms with Crippen molar-refractivity contribution in [1.82, 2.24) is 0 Å². The van der Waals surface area contributed by atoms with E-state index < -0.39 is 6.16 Å². The first-order chi connectivity index (χ1) is 9.30. The van der Waals surface area contributed by atoms with Gasteiger partial charge in [0.05, 0.1) is 5.56 Å². The van der Waals surface area contributed by atoms with Crippen LogP contribution in [0.5, 0.6) is 23.0 Å². The van der Waals surface area contributed by atoms with Crippen LogP contribution in [0.2, 0.25) is 0 Å². The topological polar surface area (TPSA) is 54.0 Å². The van der Waals surface area contributed by atoms with Gasteiger partial charge in [0.15, 0.2) is 29.3 Å². The zero-order chi connectivity index (χ0) is 12.9. The van der Waals surface area contributed by atoms with Gasteiger partial charge in [-0.25, -0.2) is 0 Å². The molecule has 5 nitrogen and oxygen atoms in total. The Bertz CT molecular complexity index is 654. The van der Waals surface area contributed by atoms with Gasteiger partial charge in [0.25, 0.3) is 0 Å². The van der Waals surface area contributed by atoms with E-state index in [-0.39, 0.29) is 0 Å². The maximum absolute atomic E-state index is 11.0. The Hall–Kier alpha value is -2.69. The van der Waals surface area contributed by atoms with Crippen LogP contribution in [0.15, 0.2) is 42.5 Å². The molecule has 0 atom stereocenters. The van der Waals surface area contributed by atoms with Crippen molar-refractivity contribution in [1.29, 1.82) is 0 Å². The number of aldehydes is 1. The Labute approximate surface area is 108 Å². The third-order valence-corrected chi connectivity index (χ3v) is 2.92. The Morgan fingerprint density at radius 1 is 0.789 bits per heavy atom. The molecule has 2 aromatic rings. The summed E-state index contributed by atoms with van der Waals surface area (Å²) in [6, 6.07) is 12.2. The quantitative estimate of drug-likeness (QED) is 0.733. The maximum atomic E-state index is 11.0. The number of para-hydroxylation sites is 3. The van der Waals surface area contributed by atoms with Gasteiger partial charge in [-0.3, -0.25) is 4.79 Å². The van der Waals surface area contributed by atoms with Crippen LogP contribution in [0, 0.1) is 0 Å². The predicted octanol–water partition coefficient (Wildman–Crippen LogP) is 2.35. The number of benzene rings is 2. The summed E-state index contributed by atoms with van der Waals surface area (Å²) in [7, 11) is 0. The summed E-state index contributed by atoms with van der Waals surface area (Å²) in [4.78, 5) is 11.0. The SMILES string of the molecule is O=Cc1cccc2c1OC1(Oc3ccccc3O1)O2. The zero-order valence-electron chi connectivity index (χ0n) is 9.66. The van der Waals surface area contributed by atoms with Gasteiger partial charge in [-0.2, -0.15) is 0 Å². The summed E-state index contributed by atoms with van der Waals surface area (Å²) in [6.07, 6.45) is -0.964. The third-order valence-electron chi connectivity index (χ3n) is 2.92. The molecule has 0 unspecified atom stereocenters. The highest BCUT2D eigenvalue weighted by Gasteiger charge is 2.54. The fourth-order valence-electron chi connectivity index (χ4n) is 2.09. The lowest BCUT2D eigenvalue weighted by atomic mass is 10.2. The van der Waals surface area contributed by atoms with Crippen molar-refractivity contribution < 1.29 is 23.7 Å². The van der Waals surface area contributed by atoms with Crippen molar-refractivity contribution in [2.45, 2.75) is 6.16 Å². The number of fused-ring (bicyclic) bond motifs is 2. The molecule has 0 amide bonds. The van der Waals surface area contributed by atoms with Gasteiger partial charge in [-0.1, -0.05) is 18.2 Å². The van der Waals surface area contributed by atoms with Crippen LogP contribution in [-0.2, 0) is 0 Å². The van der Waals surface area contributed by atoms with E-state index >= 15 is 0 Å². The van der Waals surface area contributed by atoms with Gasteiger partial charge in [0.1, 0.15) is 0 Å².